The van der Waals surface area contributed by atoms with Crippen LogP contribution in [-0.2, 0) is 12.8 Å². The van der Waals surface area contributed by atoms with Crippen molar-refractivity contribution in [1.29, 1.82) is 0 Å². The molecule has 4 heteroatoms. The zero-order valence-corrected chi connectivity index (χ0v) is 23.9. The minimum atomic E-state index is -0.900. The fourth-order valence-corrected chi connectivity index (χ4v) is 9.60. The molecular weight excluding hydrogens is 472 g/mol. The molecule has 5 aliphatic carbocycles. The van der Waals surface area contributed by atoms with Crippen LogP contribution in [0, 0.1) is 34.5 Å². The summed E-state index contributed by atoms with van der Waals surface area (Å²) in [6, 6.07) is 3.21. The molecule has 0 aliphatic heterocycles. The van der Waals surface area contributed by atoms with Crippen molar-refractivity contribution in [3.05, 3.63) is 34.4 Å². The van der Waals surface area contributed by atoms with Crippen molar-refractivity contribution in [3.63, 3.8) is 0 Å². The van der Waals surface area contributed by atoms with Gasteiger partial charge in [0, 0.05) is 0 Å². The van der Waals surface area contributed by atoms with Gasteiger partial charge in [-0.15, -0.1) is 0 Å². The highest BCUT2D eigenvalue weighted by atomic mass is 16.4. The van der Waals surface area contributed by atoms with Crippen LogP contribution in [0.15, 0.2) is 12.1 Å². The first kappa shape index (κ1) is 27.7. The average molecular weight is 523 g/mol. The maximum Gasteiger partial charge on any atom is 0.335 e. The summed E-state index contributed by atoms with van der Waals surface area (Å²) in [5.41, 5.74) is 2.58. The second-order valence-corrected chi connectivity index (χ2v) is 14.1. The topological polar surface area (TPSA) is 74.6 Å². The number of carbonyl (C=O) groups is 2. The standard InChI is InChI=1S/C34H50O4/c1-23-19-25-9-11-26(12-10-25)20-24(2)34(17-7-4-8-18-34)22-30-28(32(37)38)14-13-27(31(35)36)29(30)21-33(23)15-5-3-6-16-33/h13-14,23-26H,3-12,15-22H2,1-2H3,(H,35,36)(H,37,38). The number of carboxylic acid groups (broad SMARTS) is 2. The minimum absolute atomic E-state index is 0.0701. The smallest absolute Gasteiger partial charge is 0.335 e. The third-order valence-corrected chi connectivity index (χ3v) is 12.1. The van der Waals surface area contributed by atoms with Gasteiger partial charge < -0.3 is 10.2 Å². The van der Waals surface area contributed by atoms with E-state index in [0.29, 0.717) is 23.0 Å². The summed E-state index contributed by atoms with van der Waals surface area (Å²) in [5.74, 6) is 0.817. The summed E-state index contributed by atoms with van der Waals surface area (Å²) in [6.45, 7) is 4.88. The lowest BCUT2D eigenvalue weighted by molar-refractivity contribution is 0.0564. The van der Waals surface area contributed by atoms with E-state index in [1.165, 1.54) is 77.0 Å². The summed E-state index contributed by atoms with van der Waals surface area (Å²) in [7, 11) is 0. The maximum atomic E-state index is 12.7. The quantitative estimate of drug-likeness (QED) is 0.406. The monoisotopic (exact) mass is 522 g/mol. The fourth-order valence-electron chi connectivity index (χ4n) is 9.60. The van der Waals surface area contributed by atoms with E-state index in [2.05, 4.69) is 13.8 Å². The zero-order valence-electron chi connectivity index (χ0n) is 23.9. The predicted molar refractivity (Wildman–Crippen MR) is 152 cm³/mol. The molecule has 0 amide bonds. The van der Waals surface area contributed by atoms with Crippen LogP contribution in [0.3, 0.4) is 0 Å². The van der Waals surface area contributed by atoms with Crippen LogP contribution in [-0.4, -0.2) is 22.2 Å². The number of rotatable bonds is 2. The van der Waals surface area contributed by atoms with Crippen LogP contribution in [0.1, 0.15) is 148 Å². The lowest BCUT2D eigenvalue weighted by atomic mass is 9.57. The molecule has 2 atom stereocenters. The van der Waals surface area contributed by atoms with E-state index in [0.717, 1.165) is 61.5 Å². The number of hydrogen-bond acceptors (Lipinski definition) is 2. The lowest BCUT2D eigenvalue weighted by Crippen LogP contribution is -2.39. The average Bonchev–Trinajstić information content (AvgIpc) is 2.91. The second-order valence-electron chi connectivity index (χ2n) is 14.1. The van der Waals surface area contributed by atoms with Gasteiger partial charge in [0.05, 0.1) is 11.1 Å². The Kier molecular flexibility index (Phi) is 8.27. The number of benzene rings is 1. The Morgan fingerprint density at radius 2 is 0.974 bits per heavy atom. The van der Waals surface area contributed by atoms with Gasteiger partial charge in [0.1, 0.15) is 0 Å². The lowest BCUT2D eigenvalue weighted by Gasteiger charge is -2.48. The second kappa shape index (κ2) is 11.3. The van der Waals surface area contributed by atoms with Crippen molar-refractivity contribution >= 4 is 11.9 Å². The van der Waals surface area contributed by atoms with E-state index >= 15 is 0 Å². The first-order valence-electron chi connectivity index (χ1n) is 15.8. The highest BCUT2D eigenvalue weighted by molar-refractivity contribution is 5.95. The molecule has 4 nitrogen and oxygen atoms in total. The summed E-state index contributed by atoms with van der Waals surface area (Å²) in [5, 5.41) is 20.8. The van der Waals surface area contributed by atoms with Crippen LogP contribution in [0.5, 0.6) is 0 Å². The molecule has 1 aromatic carbocycles. The molecule has 0 saturated heterocycles. The van der Waals surface area contributed by atoms with Crippen molar-refractivity contribution < 1.29 is 19.8 Å². The van der Waals surface area contributed by atoms with Crippen LogP contribution in [0.4, 0.5) is 0 Å². The Labute approximate surface area is 230 Å². The molecule has 3 fully saturated rings. The van der Waals surface area contributed by atoms with E-state index < -0.39 is 11.9 Å². The van der Waals surface area contributed by atoms with Gasteiger partial charge in [-0.25, -0.2) is 9.59 Å². The van der Waals surface area contributed by atoms with Crippen molar-refractivity contribution in [1.82, 2.24) is 0 Å². The number of aromatic carboxylic acids is 2. The fraction of sp³-hybridized carbons (Fsp3) is 0.765. The largest absolute Gasteiger partial charge is 0.478 e. The first-order valence-corrected chi connectivity index (χ1v) is 15.8. The summed E-state index contributed by atoms with van der Waals surface area (Å²) in [4.78, 5) is 25.3. The summed E-state index contributed by atoms with van der Waals surface area (Å²) >= 11 is 0. The SMILES string of the molecule is CC1CC2CCC(CC2)CC(C)C2(CCCCC2)Cc2c(C(=O)O)ccc(C(=O)O)c2CC12CCCCC2. The van der Waals surface area contributed by atoms with Crippen LogP contribution >= 0.6 is 0 Å². The van der Waals surface area contributed by atoms with Gasteiger partial charge in [0.25, 0.3) is 0 Å². The molecule has 2 N–H and O–H groups in total. The molecule has 0 heterocycles. The molecule has 5 aliphatic rings. The molecule has 0 aromatic heterocycles. The summed E-state index contributed by atoms with van der Waals surface area (Å²) < 4.78 is 0. The Bertz CT molecular complexity index is 925. The van der Waals surface area contributed by atoms with Gasteiger partial charge in [-0.1, -0.05) is 78.1 Å². The molecule has 0 radical (unpaired) electrons. The van der Waals surface area contributed by atoms with Gasteiger partial charge in [0.2, 0.25) is 0 Å². The molecule has 2 bridgehead atoms. The highest BCUT2D eigenvalue weighted by Gasteiger charge is 2.44. The van der Waals surface area contributed by atoms with Crippen molar-refractivity contribution in [2.45, 2.75) is 129 Å². The molecule has 3 saturated carbocycles. The van der Waals surface area contributed by atoms with Gasteiger partial charge in [-0.3, -0.25) is 0 Å². The van der Waals surface area contributed by atoms with Gasteiger partial charge >= 0.3 is 11.9 Å². The third-order valence-electron chi connectivity index (χ3n) is 12.1. The molecule has 2 unspecified atom stereocenters. The molecule has 2 spiro atoms. The van der Waals surface area contributed by atoms with E-state index in [-0.39, 0.29) is 10.8 Å². The predicted octanol–water partition coefficient (Wildman–Crippen LogP) is 8.94. The van der Waals surface area contributed by atoms with E-state index in [4.69, 9.17) is 0 Å². The minimum Gasteiger partial charge on any atom is -0.478 e. The summed E-state index contributed by atoms with van der Waals surface area (Å²) in [6.07, 6.45) is 21.2. The normalized spacial score (nSPS) is 31.4. The van der Waals surface area contributed by atoms with Crippen molar-refractivity contribution in [2.75, 3.05) is 0 Å². The first-order chi connectivity index (χ1) is 18.2. The van der Waals surface area contributed by atoms with E-state index in [1.807, 2.05) is 0 Å². The molecule has 210 valence electrons. The van der Waals surface area contributed by atoms with Gasteiger partial charge in [-0.05, 0) is 109 Å². The zero-order chi connectivity index (χ0) is 26.9. The van der Waals surface area contributed by atoms with Crippen LogP contribution in [0.2, 0.25) is 0 Å². The third kappa shape index (κ3) is 5.43. The molecule has 38 heavy (non-hydrogen) atoms. The van der Waals surface area contributed by atoms with Gasteiger partial charge in [-0.2, -0.15) is 0 Å². The Balaban J connectivity index is 1.69. The van der Waals surface area contributed by atoms with Crippen LogP contribution in [0.25, 0.3) is 0 Å². The van der Waals surface area contributed by atoms with E-state index in [9.17, 15) is 19.8 Å². The highest BCUT2D eigenvalue weighted by Crippen LogP contribution is 2.53. The van der Waals surface area contributed by atoms with Crippen LogP contribution < -0.4 is 0 Å². The molecular formula is C34H50O4. The Morgan fingerprint density at radius 3 is 1.29 bits per heavy atom. The number of fused-ring (bicyclic) bond motifs is 4. The number of carboxylic acids is 2. The van der Waals surface area contributed by atoms with Crippen molar-refractivity contribution in [2.24, 2.45) is 34.5 Å². The van der Waals surface area contributed by atoms with Gasteiger partial charge in [0.15, 0.2) is 0 Å². The molecule has 6 rings (SSSR count). The van der Waals surface area contributed by atoms with E-state index in [1.54, 1.807) is 12.1 Å². The Hall–Kier alpha value is -1.84. The number of hydrogen-bond donors (Lipinski definition) is 2. The Morgan fingerprint density at radius 1 is 0.632 bits per heavy atom. The van der Waals surface area contributed by atoms with Crippen molar-refractivity contribution in [3.8, 4) is 0 Å². The molecule has 1 aromatic rings. The maximum absolute atomic E-state index is 12.7.